The molecule has 3 amide bonds. The maximum atomic E-state index is 12.7. The molecule has 1 saturated heterocycles. The van der Waals surface area contributed by atoms with E-state index in [1.54, 1.807) is 28.8 Å². The zero-order valence-corrected chi connectivity index (χ0v) is 17.1. The first-order chi connectivity index (χ1) is 12.9. The van der Waals surface area contributed by atoms with Crippen LogP contribution in [0, 0.1) is 5.92 Å². The summed E-state index contributed by atoms with van der Waals surface area (Å²) < 4.78 is 5.80. The lowest BCUT2D eigenvalue weighted by Crippen LogP contribution is -2.48. The van der Waals surface area contributed by atoms with Crippen molar-refractivity contribution in [3.05, 3.63) is 29.8 Å². The van der Waals surface area contributed by atoms with Crippen molar-refractivity contribution in [1.82, 2.24) is 14.7 Å². The fourth-order valence-electron chi connectivity index (χ4n) is 3.40. The Hall–Kier alpha value is -2.24. The molecule has 150 valence electrons. The van der Waals surface area contributed by atoms with Gasteiger partial charge < -0.3 is 19.4 Å². The third-order valence-corrected chi connectivity index (χ3v) is 5.01. The highest BCUT2D eigenvalue weighted by atomic mass is 16.5. The van der Waals surface area contributed by atoms with E-state index in [0.717, 1.165) is 38.0 Å². The minimum Gasteiger partial charge on any atom is -0.494 e. The number of hydrogen-bond acceptors (Lipinski definition) is 3. The van der Waals surface area contributed by atoms with Crippen LogP contribution in [0.3, 0.4) is 0 Å². The van der Waals surface area contributed by atoms with Gasteiger partial charge in [0, 0.05) is 40.8 Å². The first kappa shape index (κ1) is 21.1. The predicted octanol–water partition coefficient (Wildman–Crippen LogP) is 2.87. The minimum absolute atomic E-state index is 0.0159. The second kappa shape index (κ2) is 10.2. The minimum atomic E-state index is -0.102. The molecule has 0 aliphatic carbocycles. The zero-order valence-electron chi connectivity index (χ0n) is 17.1. The molecular weight excluding hydrogens is 342 g/mol. The summed E-state index contributed by atoms with van der Waals surface area (Å²) in [5.41, 5.74) is 1.26. The molecule has 6 nitrogen and oxygen atoms in total. The average Bonchev–Trinajstić information content (AvgIpc) is 2.70. The summed E-state index contributed by atoms with van der Waals surface area (Å²) in [6, 6.07) is 8.11. The maximum absolute atomic E-state index is 12.7. The van der Waals surface area contributed by atoms with E-state index in [9.17, 15) is 9.59 Å². The quantitative estimate of drug-likeness (QED) is 0.689. The van der Waals surface area contributed by atoms with Crippen molar-refractivity contribution in [2.24, 2.45) is 5.92 Å². The highest BCUT2D eigenvalue weighted by Gasteiger charge is 2.30. The van der Waals surface area contributed by atoms with Crippen molar-refractivity contribution in [3.63, 3.8) is 0 Å². The van der Waals surface area contributed by atoms with Crippen LogP contribution in [0.25, 0.3) is 0 Å². The number of hydrogen-bond donors (Lipinski definition) is 0. The van der Waals surface area contributed by atoms with Gasteiger partial charge in [-0.3, -0.25) is 4.79 Å². The normalized spacial score (nSPS) is 16.7. The summed E-state index contributed by atoms with van der Waals surface area (Å²) >= 11 is 0. The van der Waals surface area contributed by atoms with Gasteiger partial charge >= 0.3 is 6.03 Å². The summed E-state index contributed by atoms with van der Waals surface area (Å²) in [5, 5.41) is 0. The van der Waals surface area contributed by atoms with Crippen LogP contribution in [0.15, 0.2) is 24.3 Å². The summed E-state index contributed by atoms with van der Waals surface area (Å²) in [6.07, 6.45) is 3.50. The van der Waals surface area contributed by atoms with Crippen molar-refractivity contribution < 1.29 is 14.3 Å². The molecule has 0 spiro atoms. The van der Waals surface area contributed by atoms with Crippen molar-refractivity contribution >= 4 is 11.9 Å². The topological polar surface area (TPSA) is 53.1 Å². The van der Waals surface area contributed by atoms with E-state index in [0.29, 0.717) is 19.7 Å². The van der Waals surface area contributed by atoms with E-state index in [2.05, 4.69) is 19.1 Å². The van der Waals surface area contributed by atoms with Crippen LogP contribution in [-0.4, -0.2) is 74.0 Å². The summed E-state index contributed by atoms with van der Waals surface area (Å²) in [5.74, 6) is 0.905. The zero-order chi connectivity index (χ0) is 19.8. The van der Waals surface area contributed by atoms with Gasteiger partial charge in [0.25, 0.3) is 0 Å². The summed E-state index contributed by atoms with van der Waals surface area (Å²) in [4.78, 5) is 30.0. The molecular formula is C21H33N3O3. The van der Waals surface area contributed by atoms with Crippen LogP contribution >= 0.6 is 0 Å². The van der Waals surface area contributed by atoms with E-state index < -0.39 is 0 Å². The number of carbonyl (C=O) groups is 2. The molecule has 0 bridgehead atoms. The van der Waals surface area contributed by atoms with Crippen LogP contribution in [-0.2, 0) is 11.2 Å². The Morgan fingerprint density at radius 1 is 1.26 bits per heavy atom. The monoisotopic (exact) mass is 375 g/mol. The molecule has 1 aromatic carbocycles. The van der Waals surface area contributed by atoms with E-state index in [1.165, 1.54) is 5.56 Å². The van der Waals surface area contributed by atoms with Crippen LogP contribution in [0.2, 0.25) is 0 Å². The molecule has 0 saturated carbocycles. The number of amides is 3. The van der Waals surface area contributed by atoms with Gasteiger partial charge in [-0.1, -0.05) is 19.1 Å². The van der Waals surface area contributed by atoms with E-state index in [1.807, 2.05) is 19.2 Å². The molecule has 2 rings (SSSR count). The number of urea groups is 1. The Bertz CT molecular complexity index is 633. The van der Waals surface area contributed by atoms with Crippen molar-refractivity contribution in [2.45, 2.75) is 32.6 Å². The van der Waals surface area contributed by atoms with Gasteiger partial charge in [0.15, 0.2) is 0 Å². The summed E-state index contributed by atoms with van der Waals surface area (Å²) in [7, 11) is 5.33. The van der Waals surface area contributed by atoms with Crippen LogP contribution < -0.4 is 4.74 Å². The average molecular weight is 376 g/mol. The Kier molecular flexibility index (Phi) is 7.95. The molecule has 1 unspecified atom stereocenters. The van der Waals surface area contributed by atoms with E-state index in [4.69, 9.17) is 4.74 Å². The number of carbonyl (C=O) groups excluding carboxylic acids is 2. The van der Waals surface area contributed by atoms with Crippen LogP contribution in [0.1, 0.15) is 31.7 Å². The van der Waals surface area contributed by atoms with Crippen LogP contribution in [0.5, 0.6) is 5.75 Å². The molecule has 0 radical (unpaired) electrons. The second-order valence-corrected chi connectivity index (χ2v) is 7.42. The van der Waals surface area contributed by atoms with Crippen molar-refractivity contribution in [1.29, 1.82) is 0 Å². The lowest BCUT2D eigenvalue weighted by Gasteiger charge is -2.35. The van der Waals surface area contributed by atoms with E-state index in [-0.39, 0.29) is 17.9 Å². The number of piperidine rings is 1. The number of nitrogens with zero attached hydrogens (tertiary/aromatic N) is 3. The van der Waals surface area contributed by atoms with Gasteiger partial charge in [-0.2, -0.15) is 0 Å². The molecule has 1 heterocycles. The number of ether oxygens (including phenoxy) is 1. The predicted molar refractivity (Wildman–Crippen MR) is 107 cm³/mol. The standard InChI is InChI=1S/C21H33N3O3/c1-5-17-9-6-11-19(15-17)27-14-8-12-23(4)20(25)18-10-7-13-24(16-18)21(26)22(2)3/h6,9,11,15,18H,5,7-8,10,12-14,16H2,1-4H3. The molecule has 1 atom stereocenters. The Morgan fingerprint density at radius 3 is 2.74 bits per heavy atom. The summed E-state index contributed by atoms with van der Waals surface area (Å²) in [6.45, 7) is 4.61. The molecule has 6 heteroatoms. The maximum Gasteiger partial charge on any atom is 0.319 e. The highest BCUT2D eigenvalue weighted by molar-refractivity contribution is 5.80. The second-order valence-electron chi connectivity index (χ2n) is 7.42. The van der Waals surface area contributed by atoms with Gasteiger partial charge in [-0.05, 0) is 43.4 Å². The van der Waals surface area contributed by atoms with Gasteiger partial charge in [0.2, 0.25) is 5.91 Å². The molecule has 1 aromatic rings. The molecule has 0 aromatic heterocycles. The fraction of sp³-hybridized carbons (Fsp3) is 0.619. The highest BCUT2D eigenvalue weighted by Crippen LogP contribution is 2.19. The first-order valence-electron chi connectivity index (χ1n) is 9.85. The van der Waals surface area contributed by atoms with Crippen molar-refractivity contribution in [3.8, 4) is 5.75 Å². The Balaban J connectivity index is 1.75. The molecule has 1 aliphatic rings. The number of benzene rings is 1. The van der Waals surface area contributed by atoms with Gasteiger partial charge in [-0.15, -0.1) is 0 Å². The molecule has 1 fully saturated rings. The third-order valence-electron chi connectivity index (χ3n) is 5.01. The van der Waals surface area contributed by atoms with Gasteiger partial charge in [-0.25, -0.2) is 4.79 Å². The Morgan fingerprint density at radius 2 is 2.04 bits per heavy atom. The SMILES string of the molecule is CCc1cccc(OCCCN(C)C(=O)C2CCCN(C(=O)N(C)C)C2)c1. The van der Waals surface area contributed by atoms with Gasteiger partial charge in [0.05, 0.1) is 12.5 Å². The third kappa shape index (κ3) is 6.15. The number of likely N-dealkylation sites (tertiary alicyclic amines) is 1. The lowest BCUT2D eigenvalue weighted by molar-refractivity contribution is -0.135. The first-order valence-corrected chi connectivity index (χ1v) is 9.85. The number of aryl methyl sites for hydroxylation is 1. The molecule has 27 heavy (non-hydrogen) atoms. The Labute approximate surface area is 163 Å². The lowest BCUT2D eigenvalue weighted by atomic mass is 9.97. The smallest absolute Gasteiger partial charge is 0.319 e. The molecule has 0 N–H and O–H groups in total. The van der Waals surface area contributed by atoms with Crippen molar-refractivity contribution in [2.75, 3.05) is 47.4 Å². The fourth-order valence-corrected chi connectivity index (χ4v) is 3.40. The number of rotatable bonds is 7. The van der Waals surface area contributed by atoms with Crippen LogP contribution in [0.4, 0.5) is 4.79 Å². The van der Waals surface area contributed by atoms with E-state index >= 15 is 0 Å². The van der Waals surface area contributed by atoms with Gasteiger partial charge in [0.1, 0.15) is 5.75 Å². The molecule has 1 aliphatic heterocycles. The largest absolute Gasteiger partial charge is 0.494 e.